The van der Waals surface area contributed by atoms with Gasteiger partial charge in [0.25, 0.3) is 0 Å². The molecule has 0 fully saturated rings. The predicted octanol–water partition coefficient (Wildman–Crippen LogP) is 2.69. The fourth-order valence-corrected chi connectivity index (χ4v) is 1.85. The van der Waals surface area contributed by atoms with E-state index in [1.54, 1.807) is 7.11 Å². The highest BCUT2D eigenvalue weighted by molar-refractivity contribution is 5.67. The van der Waals surface area contributed by atoms with Gasteiger partial charge in [0.1, 0.15) is 5.60 Å². The molecule has 2 N–H and O–H groups in total. The molecular formula is C15H32N2O3. The van der Waals surface area contributed by atoms with Crippen molar-refractivity contribution in [2.75, 3.05) is 20.3 Å². The third-order valence-corrected chi connectivity index (χ3v) is 2.93. The van der Waals surface area contributed by atoms with Gasteiger partial charge < -0.3 is 20.1 Å². The van der Waals surface area contributed by atoms with Gasteiger partial charge in [-0.05, 0) is 47.0 Å². The molecule has 0 bridgehead atoms. The van der Waals surface area contributed by atoms with Gasteiger partial charge in [0.2, 0.25) is 0 Å². The Morgan fingerprint density at radius 2 is 1.90 bits per heavy atom. The minimum atomic E-state index is -0.443. The summed E-state index contributed by atoms with van der Waals surface area (Å²) in [5, 5.41) is 6.35. The first-order chi connectivity index (χ1) is 9.28. The van der Waals surface area contributed by atoms with E-state index >= 15 is 0 Å². The number of amides is 1. The molecule has 0 spiro atoms. The molecule has 0 aliphatic heterocycles. The minimum Gasteiger partial charge on any atom is -0.444 e. The van der Waals surface area contributed by atoms with Gasteiger partial charge in [0, 0.05) is 32.3 Å². The maximum absolute atomic E-state index is 11.5. The van der Waals surface area contributed by atoms with E-state index in [1.807, 2.05) is 20.8 Å². The van der Waals surface area contributed by atoms with Gasteiger partial charge in [-0.3, -0.25) is 0 Å². The van der Waals surface area contributed by atoms with Gasteiger partial charge in [-0.1, -0.05) is 6.92 Å². The van der Waals surface area contributed by atoms with Crippen molar-refractivity contribution in [3.63, 3.8) is 0 Å². The second-order valence-corrected chi connectivity index (χ2v) is 6.17. The van der Waals surface area contributed by atoms with Crippen LogP contribution in [-0.4, -0.2) is 44.0 Å². The molecule has 5 nitrogen and oxygen atoms in total. The lowest BCUT2D eigenvalue weighted by Gasteiger charge is -2.23. The van der Waals surface area contributed by atoms with Crippen LogP contribution in [0.3, 0.4) is 0 Å². The Hall–Kier alpha value is -0.810. The van der Waals surface area contributed by atoms with Gasteiger partial charge in [-0.2, -0.15) is 0 Å². The maximum atomic E-state index is 11.5. The third-order valence-electron chi connectivity index (χ3n) is 2.93. The molecule has 0 saturated heterocycles. The van der Waals surface area contributed by atoms with E-state index in [2.05, 4.69) is 24.5 Å². The Morgan fingerprint density at radius 1 is 1.25 bits per heavy atom. The summed E-state index contributed by atoms with van der Waals surface area (Å²) in [6.07, 6.45) is 2.58. The molecule has 0 aromatic rings. The SMILES string of the molecule is CCC(CCNC(=O)OC(C)(C)C)NC(C)CCOC. The first kappa shape index (κ1) is 19.2. The van der Waals surface area contributed by atoms with E-state index in [4.69, 9.17) is 9.47 Å². The highest BCUT2D eigenvalue weighted by Gasteiger charge is 2.16. The van der Waals surface area contributed by atoms with Crippen LogP contribution in [0.2, 0.25) is 0 Å². The maximum Gasteiger partial charge on any atom is 0.407 e. The van der Waals surface area contributed by atoms with Crippen molar-refractivity contribution in [1.29, 1.82) is 0 Å². The van der Waals surface area contributed by atoms with Crippen LogP contribution in [0.15, 0.2) is 0 Å². The second kappa shape index (κ2) is 10.00. The van der Waals surface area contributed by atoms with Crippen molar-refractivity contribution in [1.82, 2.24) is 10.6 Å². The Labute approximate surface area is 123 Å². The van der Waals surface area contributed by atoms with Crippen LogP contribution in [0.1, 0.15) is 53.9 Å². The smallest absolute Gasteiger partial charge is 0.407 e. The minimum absolute atomic E-state index is 0.347. The average Bonchev–Trinajstić information content (AvgIpc) is 2.32. The quantitative estimate of drug-likeness (QED) is 0.685. The van der Waals surface area contributed by atoms with Crippen LogP contribution in [0.25, 0.3) is 0 Å². The van der Waals surface area contributed by atoms with Gasteiger partial charge in [-0.25, -0.2) is 4.79 Å². The van der Waals surface area contributed by atoms with Gasteiger partial charge >= 0.3 is 6.09 Å². The molecule has 20 heavy (non-hydrogen) atoms. The zero-order valence-electron chi connectivity index (χ0n) is 13.9. The van der Waals surface area contributed by atoms with Crippen molar-refractivity contribution in [2.45, 2.75) is 71.6 Å². The summed E-state index contributed by atoms with van der Waals surface area (Å²) in [6, 6.07) is 0.818. The molecule has 0 aromatic carbocycles. The topological polar surface area (TPSA) is 59.6 Å². The number of carbonyl (C=O) groups is 1. The standard InChI is InChI=1S/C15H32N2O3/c1-7-13(17-12(2)9-11-19-6)8-10-16-14(18)20-15(3,4)5/h12-13,17H,7-11H2,1-6H3,(H,16,18). The summed E-state index contributed by atoms with van der Waals surface area (Å²) in [5.41, 5.74) is -0.443. The Bertz CT molecular complexity index is 264. The summed E-state index contributed by atoms with van der Waals surface area (Å²) in [5.74, 6) is 0. The number of nitrogens with one attached hydrogen (secondary N) is 2. The van der Waals surface area contributed by atoms with Crippen LogP contribution >= 0.6 is 0 Å². The number of ether oxygens (including phenoxy) is 2. The molecule has 0 aliphatic carbocycles. The van der Waals surface area contributed by atoms with E-state index in [0.29, 0.717) is 18.6 Å². The third kappa shape index (κ3) is 11.1. The monoisotopic (exact) mass is 288 g/mol. The van der Waals surface area contributed by atoms with Gasteiger partial charge in [0.05, 0.1) is 0 Å². The molecule has 0 saturated carbocycles. The number of carbonyl (C=O) groups excluding carboxylic acids is 1. The molecule has 2 atom stereocenters. The molecule has 0 heterocycles. The Kier molecular flexibility index (Phi) is 9.59. The molecule has 2 unspecified atom stereocenters. The highest BCUT2D eigenvalue weighted by Crippen LogP contribution is 2.06. The lowest BCUT2D eigenvalue weighted by Crippen LogP contribution is -2.40. The fraction of sp³-hybridized carbons (Fsp3) is 0.933. The van der Waals surface area contributed by atoms with Crippen LogP contribution in [0.4, 0.5) is 4.79 Å². The summed E-state index contributed by atoms with van der Waals surface area (Å²) >= 11 is 0. The fourth-order valence-electron chi connectivity index (χ4n) is 1.85. The van der Waals surface area contributed by atoms with Gasteiger partial charge in [-0.15, -0.1) is 0 Å². The van der Waals surface area contributed by atoms with Crippen LogP contribution in [0.5, 0.6) is 0 Å². The first-order valence-electron chi connectivity index (χ1n) is 7.50. The summed E-state index contributed by atoms with van der Waals surface area (Å²) in [4.78, 5) is 11.5. The molecule has 0 radical (unpaired) electrons. The summed E-state index contributed by atoms with van der Waals surface area (Å²) in [7, 11) is 1.72. The molecular weight excluding hydrogens is 256 g/mol. The van der Waals surface area contributed by atoms with Crippen molar-refractivity contribution >= 4 is 6.09 Å². The zero-order chi connectivity index (χ0) is 15.6. The van der Waals surface area contributed by atoms with E-state index in [1.165, 1.54) is 0 Å². The Balaban J connectivity index is 3.87. The summed E-state index contributed by atoms with van der Waals surface area (Å²) < 4.78 is 10.3. The van der Waals surface area contributed by atoms with E-state index in [-0.39, 0.29) is 6.09 Å². The van der Waals surface area contributed by atoms with Crippen LogP contribution in [0, 0.1) is 0 Å². The van der Waals surface area contributed by atoms with Crippen LogP contribution in [-0.2, 0) is 9.47 Å². The zero-order valence-corrected chi connectivity index (χ0v) is 13.9. The number of rotatable bonds is 9. The molecule has 120 valence electrons. The highest BCUT2D eigenvalue weighted by atomic mass is 16.6. The van der Waals surface area contributed by atoms with Crippen molar-refractivity contribution in [2.24, 2.45) is 0 Å². The normalized spacial score (nSPS) is 14.7. The predicted molar refractivity (Wildman–Crippen MR) is 82.0 cm³/mol. The van der Waals surface area contributed by atoms with Crippen molar-refractivity contribution < 1.29 is 14.3 Å². The largest absolute Gasteiger partial charge is 0.444 e. The number of methoxy groups -OCH3 is 1. The van der Waals surface area contributed by atoms with E-state index in [0.717, 1.165) is 25.9 Å². The van der Waals surface area contributed by atoms with Crippen LogP contribution < -0.4 is 10.6 Å². The molecule has 0 aromatic heterocycles. The Morgan fingerprint density at radius 3 is 2.40 bits per heavy atom. The van der Waals surface area contributed by atoms with E-state index in [9.17, 15) is 4.79 Å². The van der Waals surface area contributed by atoms with E-state index < -0.39 is 5.60 Å². The second-order valence-electron chi connectivity index (χ2n) is 6.17. The molecule has 5 heteroatoms. The van der Waals surface area contributed by atoms with Gasteiger partial charge in [0.15, 0.2) is 0 Å². The molecule has 0 rings (SSSR count). The molecule has 0 aliphatic rings. The number of hydrogen-bond donors (Lipinski definition) is 2. The number of alkyl carbamates (subject to hydrolysis) is 1. The number of hydrogen-bond acceptors (Lipinski definition) is 4. The molecule has 1 amide bonds. The van der Waals surface area contributed by atoms with Crippen molar-refractivity contribution in [3.05, 3.63) is 0 Å². The first-order valence-corrected chi connectivity index (χ1v) is 7.50. The lowest BCUT2D eigenvalue weighted by atomic mass is 10.1. The summed E-state index contributed by atoms with van der Waals surface area (Å²) in [6.45, 7) is 11.3. The lowest BCUT2D eigenvalue weighted by molar-refractivity contribution is 0.0525. The van der Waals surface area contributed by atoms with Crippen molar-refractivity contribution in [3.8, 4) is 0 Å². The average molecular weight is 288 g/mol.